The fraction of sp³-hybridized carbons (Fsp3) is 0.0154. The maximum absolute atomic E-state index is 2.53. The highest BCUT2D eigenvalue weighted by molar-refractivity contribution is 6.08. The summed E-state index contributed by atoms with van der Waals surface area (Å²) in [4.78, 5) is 4.99. The van der Waals surface area contributed by atoms with Crippen molar-refractivity contribution in [3.63, 3.8) is 0 Å². The highest BCUT2D eigenvalue weighted by Crippen LogP contribution is 2.63. The molecule has 0 aromatic heterocycles. The molecular weight excluding hydrogens is 809 g/mol. The van der Waals surface area contributed by atoms with Crippen molar-refractivity contribution in [2.45, 2.75) is 5.41 Å². The molecule has 1 spiro atoms. The van der Waals surface area contributed by atoms with Gasteiger partial charge in [-0.15, -0.1) is 0 Å². The summed E-state index contributed by atoms with van der Waals surface area (Å²) in [7, 11) is 0. The predicted octanol–water partition coefficient (Wildman–Crippen LogP) is 17.4. The molecular formula is C65H42N2. The monoisotopic (exact) mass is 850 g/mol. The topological polar surface area (TPSA) is 6.48 Å². The van der Waals surface area contributed by atoms with Gasteiger partial charge in [-0.1, -0.05) is 194 Å². The Labute approximate surface area is 390 Å². The number of benzene rings is 11. The van der Waals surface area contributed by atoms with E-state index in [0.29, 0.717) is 0 Å². The SMILES string of the molecule is c1ccc(N(c2ccc3c(c2)C2(c4ccccc4-c4ccccc4-3)c3ccccc3-c3cc4ccccc4cc32)c2cccc3c2N(c2ccccc2)c2ccccc2-c2ccccc2-3)cc1. The molecule has 0 saturated heterocycles. The second-order valence-corrected chi connectivity index (χ2v) is 17.9. The van der Waals surface area contributed by atoms with Crippen LogP contribution in [0.15, 0.2) is 255 Å². The molecule has 67 heavy (non-hydrogen) atoms. The van der Waals surface area contributed by atoms with E-state index in [-0.39, 0.29) is 0 Å². The lowest BCUT2D eigenvalue weighted by molar-refractivity contribution is 0.776. The van der Waals surface area contributed by atoms with Gasteiger partial charge in [0, 0.05) is 28.2 Å². The summed E-state index contributed by atoms with van der Waals surface area (Å²) in [5.41, 5.74) is 23.5. The maximum atomic E-state index is 2.53. The van der Waals surface area contributed by atoms with Crippen molar-refractivity contribution in [3.8, 4) is 55.6 Å². The average molecular weight is 851 g/mol. The van der Waals surface area contributed by atoms with Gasteiger partial charge in [-0.3, -0.25) is 0 Å². The van der Waals surface area contributed by atoms with Crippen molar-refractivity contribution in [3.05, 3.63) is 277 Å². The second kappa shape index (κ2) is 14.7. The van der Waals surface area contributed by atoms with Crippen LogP contribution in [0.5, 0.6) is 0 Å². The lowest BCUT2D eigenvalue weighted by Crippen LogP contribution is -2.29. The minimum atomic E-state index is -0.652. The zero-order valence-corrected chi connectivity index (χ0v) is 36.6. The molecule has 0 amide bonds. The van der Waals surface area contributed by atoms with E-state index in [2.05, 4.69) is 265 Å². The Hall–Kier alpha value is -8.72. The van der Waals surface area contributed by atoms with Crippen molar-refractivity contribution < 1.29 is 0 Å². The van der Waals surface area contributed by atoms with Gasteiger partial charge in [0.1, 0.15) is 0 Å². The van der Waals surface area contributed by atoms with E-state index in [0.717, 1.165) is 34.1 Å². The minimum Gasteiger partial charge on any atom is -0.308 e. The van der Waals surface area contributed by atoms with Crippen molar-refractivity contribution >= 4 is 44.9 Å². The van der Waals surface area contributed by atoms with Crippen LogP contribution in [-0.4, -0.2) is 0 Å². The molecule has 11 aromatic carbocycles. The molecule has 1 atom stereocenters. The molecule has 0 radical (unpaired) electrons. The van der Waals surface area contributed by atoms with Gasteiger partial charge in [0.05, 0.1) is 22.5 Å². The fourth-order valence-electron chi connectivity index (χ4n) is 11.9. The van der Waals surface area contributed by atoms with Crippen LogP contribution in [0.2, 0.25) is 0 Å². The fourth-order valence-corrected chi connectivity index (χ4v) is 11.9. The highest BCUT2D eigenvalue weighted by Gasteiger charge is 2.50. The van der Waals surface area contributed by atoms with E-state index in [4.69, 9.17) is 0 Å². The van der Waals surface area contributed by atoms with Gasteiger partial charge in [0.25, 0.3) is 0 Å². The largest absolute Gasteiger partial charge is 0.308 e. The van der Waals surface area contributed by atoms with Gasteiger partial charge in [0.15, 0.2) is 0 Å². The summed E-state index contributed by atoms with van der Waals surface area (Å²) in [6, 6.07) is 94.9. The third-order valence-electron chi connectivity index (χ3n) is 14.6. The zero-order chi connectivity index (χ0) is 44.1. The number of rotatable bonds is 4. The summed E-state index contributed by atoms with van der Waals surface area (Å²) in [6.45, 7) is 0. The van der Waals surface area contributed by atoms with Crippen molar-refractivity contribution in [2.24, 2.45) is 0 Å². The van der Waals surface area contributed by atoms with Crippen LogP contribution in [-0.2, 0) is 5.41 Å². The smallest absolute Gasteiger partial charge is 0.0781 e. The van der Waals surface area contributed by atoms with E-state index in [1.54, 1.807) is 0 Å². The van der Waals surface area contributed by atoms with Crippen molar-refractivity contribution in [1.82, 2.24) is 0 Å². The van der Waals surface area contributed by atoms with E-state index >= 15 is 0 Å². The molecule has 0 bridgehead atoms. The number of anilines is 6. The Bertz CT molecular complexity index is 3780. The maximum Gasteiger partial charge on any atom is 0.0781 e. The first-order chi connectivity index (χ1) is 33.3. The average Bonchev–Trinajstić information content (AvgIpc) is 3.53. The zero-order valence-electron chi connectivity index (χ0n) is 36.6. The predicted molar refractivity (Wildman–Crippen MR) is 279 cm³/mol. The normalized spacial score (nSPS) is 14.6. The summed E-state index contributed by atoms with van der Waals surface area (Å²) in [6.07, 6.45) is 0. The molecule has 0 fully saturated rings. The van der Waals surface area contributed by atoms with Crippen LogP contribution in [0, 0.1) is 0 Å². The first-order valence-corrected chi connectivity index (χ1v) is 23.3. The lowest BCUT2D eigenvalue weighted by Gasteiger charge is -2.37. The third-order valence-corrected chi connectivity index (χ3v) is 14.6. The van der Waals surface area contributed by atoms with Gasteiger partial charge < -0.3 is 9.80 Å². The Balaban J connectivity index is 1.12. The summed E-state index contributed by atoms with van der Waals surface area (Å²) in [5.74, 6) is 0. The molecule has 1 heterocycles. The Morgan fingerprint density at radius 3 is 1.45 bits per heavy atom. The number of para-hydroxylation sites is 4. The molecule has 0 N–H and O–H groups in total. The highest BCUT2D eigenvalue weighted by atomic mass is 15.2. The summed E-state index contributed by atoms with van der Waals surface area (Å²) in [5, 5.41) is 2.49. The van der Waals surface area contributed by atoms with Crippen LogP contribution >= 0.6 is 0 Å². The molecule has 312 valence electrons. The summed E-state index contributed by atoms with van der Waals surface area (Å²) >= 11 is 0. The second-order valence-electron chi connectivity index (χ2n) is 17.9. The van der Waals surface area contributed by atoms with Crippen molar-refractivity contribution in [1.29, 1.82) is 0 Å². The number of hydrogen-bond donors (Lipinski definition) is 0. The molecule has 3 aliphatic rings. The molecule has 11 aromatic rings. The van der Waals surface area contributed by atoms with Crippen LogP contribution in [0.4, 0.5) is 34.1 Å². The van der Waals surface area contributed by atoms with E-state index in [1.807, 2.05) is 0 Å². The van der Waals surface area contributed by atoms with Crippen LogP contribution in [0.1, 0.15) is 22.3 Å². The molecule has 1 unspecified atom stereocenters. The van der Waals surface area contributed by atoms with Crippen LogP contribution in [0.3, 0.4) is 0 Å². The van der Waals surface area contributed by atoms with Crippen LogP contribution in [0.25, 0.3) is 66.4 Å². The molecule has 2 nitrogen and oxygen atoms in total. The Morgan fingerprint density at radius 2 is 0.761 bits per heavy atom. The van der Waals surface area contributed by atoms with E-state index in [1.165, 1.54) is 88.7 Å². The lowest BCUT2D eigenvalue weighted by atomic mass is 9.65. The van der Waals surface area contributed by atoms with Gasteiger partial charge >= 0.3 is 0 Å². The van der Waals surface area contributed by atoms with Gasteiger partial charge in [-0.05, 0) is 138 Å². The summed E-state index contributed by atoms with van der Waals surface area (Å²) < 4.78 is 0. The number of hydrogen-bond acceptors (Lipinski definition) is 2. The third kappa shape index (κ3) is 5.39. The minimum absolute atomic E-state index is 0.652. The van der Waals surface area contributed by atoms with E-state index in [9.17, 15) is 0 Å². The first kappa shape index (κ1) is 37.6. The molecule has 14 rings (SSSR count). The van der Waals surface area contributed by atoms with Crippen LogP contribution < -0.4 is 9.80 Å². The van der Waals surface area contributed by atoms with Gasteiger partial charge in [-0.2, -0.15) is 0 Å². The Morgan fingerprint density at radius 1 is 0.284 bits per heavy atom. The molecule has 1 aliphatic heterocycles. The molecule has 0 saturated carbocycles. The molecule has 2 aliphatic carbocycles. The quantitative estimate of drug-likeness (QED) is 0.174. The number of fused-ring (bicyclic) bond motifs is 18. The van der Waals surface area contributed by atoms with Crippen molar-refractivity contribution in [2.75, 3.05) is 9.80 Å². The Kier molecular flexibility index (Phi) is 8.23. The first-order valence-electron chi connectivity index (χ1n) is 23.3. The standard InChI is InChI=1S/C65H42N2/c1-3-22-45(23-4-1)66(63-37-19-33-56-51-29-12-11-28-50(51)55-32-15-18-36-62(55)67(64(56)63)46-24-5-2-6-25-46)47-38-39-54-49-27-10-9-26-48(49)52-30-13-16-34-58(52)65(61(54)42-47)59-35-17-14-31-53(59)57-40-43-20-7-8-21-44(43)41-60(57)65/h1-42H. The van der Waals surface area contributed by atoms with Gasteiger partial charge in [-0.25, -0.2) is 0 Å². The molecule has 2 heteroatoms. The van der Waals surface area contributed by atoms with Gasteiger partial charge in [0.2, 0.25) is 0 Å². The van der Waals surface area contributed by atoms with E-state index < -0.39 is 5.41 Å². The number of nitrogens with zero attached hydrogens (tertiary/aromatic N) is 2.